The zero-order valence-electron chi connectivity index (χ0n) is 15.0. The molecule has 2 amide bonds. The lowest BCUT2D eigenvalue weighted by molar-refractivity contribution is -0.124. The average molecular weight is 382 g/mol. The third-order valence-corrected chi connectivity index (χ3v) is 4.42. The van der Waals surface area contributed by atoms with Gasteiger partial charge in [0.05, 0.1) is 22.8 Å². The van der Waals surface area contributed by atoms with Crippen LogP contribution in [-0.2, 0) is 16.0 Å². The fourth-order valence-electron chi connectivity index (χ4n) is 2.67. The molecule has 0 aliphatic heterocycles. The molecule has 27 heavy (non-hydrogen) atoms. The van der Waals surface area contributed by atoms with E-state index in [0.29, 0.717) is 17.1 Å². The maximum absolute atomic E-state index is 12.0. The molecule has 0 unspecified atom stereocenters. The van der Waals surface area contributed by atoms with Gasteiger partial charge in [-0.1, -0.05) is 41.9 Å². The van der Waals surface area contributed by atoms with Gasteiger partial charge >= 0.3 is 0 Å². The van der Waals surface area contributed by atoms with E-state index in [-0.39, 0.29) is 24.8 Å². The number of hydrogen-bond donors (Lipinski definition) is 2. The zero-order valence-corrected chi connectivity index (χ0v) is 15.7. The second-order valence-corrected chi connectivity index (χ2v) is 6.71. The Kier molecular flexibility index (Phi) is 6.04. The summed E-state index contributed by atoms with van der Waals surface area (Å²) in [6.07, 6.45) is 0.784. The van der Waals surface area contributed by atoms with E-state index in [9.17, 15) is 9.59 Å². The van der Waals surface area contributed by atoms with E-state index in [1.165, 1.54) is 0 Å². The van der Waals surface area contributed by atoms with Crippen LogP contribution in [0, 0.1) is 6.92 Å². The molecule has 0 fully saturated rings. The van der Waals surface area contributed by atoms with Gasteiger partial charge in [0.15, 0.2) is 0 Å². The van der Waals surface area contributed by atoms with E-state index in [1.807, 2.05) is 49.4 Å². The second kappa shape index (κ2) is 8.64. The maximum Gasteiger partial charge on any atom is 0.243 e. The highest BCUT2D eigenvalue weighted by molar-refractivity contribution is 6.33. The number of para-hydroxylation sites is 1. The van der Waals surface area contributed by atoms with Gasteiger partial charge in [-0.05, 0) is 43.2 Å². The van der Waals surface area contributed by atoms with Crippen molar-refractivity contribution in [1.82, 2.24) is 10.3 Å². The highest BCUT2D eigenvalue weighted by Gasteiger charge is 2.09. The summed E-state index contributed by atoms with van der Waals surface area (Å²) in [5.74, 6) is -0.520. The standard InChI is InChI=1S/C21H20ClN3O2/c1-14-6-10-19(17(22)12-14)25-21(27)13-23-20(26)11-9-16-8-7-15-4-2-3-5-18(15)24-16/h2-8,10,12H,9,11,13H2,1H3,(H,23,26)(H,25,27). The maximum atomic E-state index is 12.0. The van der Waals surface area contributed by atoms with Crippen LogP contribution in [0.4, 0.5) is 5.69 Å². The van der Waals surface area contributed by atoms with Crippen molar-refractivity contribution in [3.63, 3.8) is 0 Å². The summed E-state index contributed by atoms with van der Waals surface area (Å²) in [5, 5.41) is 6.84. The van der Waals surface area contributed by atoms with E-state index < -0.39 is 0 Å². The van der Waals surface area contributed by atoms with Crippen LogP contribution in [0.2, 0.25) is 5.02 Å². The Hall–Kier alpha value is -2.92. The van der Waals surface area contributed by atoms with Gasteiger partial charge < -0.3 is 10.6 Å². The predicted molar refractivity (Wildman–Crippen MR) is 108 cm³/mol. The minimum Gasteiger partial charge on any atom is -0.347 e. The molecular weight excluding hydrogens is 362 g/mol. The molecule has 2 N–H and O–H groups in total. The Morgan fingerprint density at radius 2 is 1.85 bits per heavy atom. The number of benzene rings is 2. The van der Waals surface area contributed by atoms with E-state index in [1.54, 1.807) is 12.1 Å². The summed E-state index contributed by atoms with van der Waals surface area (Å²) in [6.45, 7) is 1.82. The minimum atomic E-state index is -0.321. The molecular formula is C21H20ClN3O2. The topological polar surface area (TPSA) is 71.1 Å². The normalized spacial score (nSPS) is 10.6. The van der Waals surface area contributed by atoms with Crippen LogP contribution in [0.3, 0.4) is 0 Å². The van der Waals surface area contributed by atoms with Gasteiger partial charge in [0.1, 0.15) is 0 Å². The molecule has 138 valence electrons. The lowest BCUT2D eigenvalue weighted by Crippen LogP contribution is -2.33. The number of anilines is 1. The fraction of sp³-hybridized carbons (Fsp3) is 0.190. The number of pyridine rings is 1. The molecule has 5 nitrogen and oxygen atoms in total. The number of carbonyl (C=O) groups excluding carboxylic acids is 2. The monoisotopic (exact) mass is 381 g/mol. The van der Waals surface area contributed by atoms with Crippen molar-refractivity contribution in [3.05, 3.63) is 70.9 Å². The molecule has 6 heteroatoms. The Balaban J connectivity index is 1.46. The first-order valence-corrected chi connectivity index (χ1v) is 9.06. The third-order valence-electron chi connectivity index (χ3n) is 4.11. The van der Waals surface area contributed by atoms with Gasteiger partial charge in [-0.2, -0.15) is 0 Å². The Labute approximate surface area is 162 Å². The Morgan fingerprint density at radius 3 is 2.67 bits per heavy atom. The van der Waals surface area contributed by atoms with E-state index >= 15 is 0 Å². The van der Waals surface area contributed by atoms with E-state index in [2.05, 4.69) is 15.6 Å². The first-order chi connectivity index (χ1) is 13.0. The predicted octanol–water partition coefficient (Wildman–Crippen LogP) is 3.88. The molecule has 1 heterocycles. The highest BCUT2D eigenvalue weighted by Crippen LogP contribution is 2.22. The van der Waals surface area contributed by atoms with Crippen LogP contribution >= 0.6 is 11.6 Å². The second-order valence-electron chi connectivity index (χ2n) is 6.30. The largest absolute Gasteiger partial charge is 0.347 e. The van der Waals surface area contributed by atoms with Crippen LogP contribution in [-0.4, -0.2) is 23.3 Å². The van der Waals surface area contributed by atoms with Crippen molar-refractivity contribution >= 4 is 40.0 Å². The molecule has 0 aliphatic carbocycles. The zero-order chi connectivity index (χ0) is 19.2. The van der Waals surface area contributed by atoms with Crippen LogP contribution in [0.1, 0.15) is 17.7 Å². The summed E-state index contributed by atoms with van der Waals surface area (Å²) in [6, 6.07) is 17.1. The smallest absolute Gasteiger partial charge is 0.243 e. The molecule has 0 aliphatic rings. The van der Waals surface area contributed by atoms with Crippen molar-refractivity contribution in [1.29, 1.82) is 0 Å². The molecule has 2 aromatic carbocycles. The first-order valence-electron chi connectivity index (χ1n) is 8.68. The summed E-state index contributed by atoms with van der Waals surface area (Å²) < 4.78 is 0. The van der Waals surface area contributed by atoms with Crippen LogP contribution in [0.5, 0.6) is 0 Å². The number of hydrogen-bond acceptors (Lipinski definition) is 3. The molecule has 0 atom stereocenters. The van der Waals surface area contributed by atoms with Crippen LogP contribution in [0.25, 0.3) is 10.9 Å². The quantitative estimate of drug-likeness (QED) is 0.680. The lowest BCUT2D eigenvalue weighted by atomic mass is 10.1. The Morgan fingerprint density at radius 1 is 1.04 bits per heavy atom. The number of carbonyl (C=O) groups is 2. The van der Waals surface area contributed by atoms with Gasteiger partial charge in [-0.25, -0.2) is 0 Å². The summed E-state index contributed by atoms with van der Waals surface area (Å²) in [7, 11) is 0. The SMILES string of the molecule is Cc1ccc(NC(=O)CNC(=O)CCc2ccc3ccccc3n2)c(Cl)c1. The van der Waals surface area contributed by atoms with Crippen molar-refractivity contribution in [2.45, 2.75) is 19.8 Å². The molecule has 0 saturated carbocycles. The molecule has 3 rings (SSSR count). The van der Waals surface area contributed by atoms with Crippen molar-refractivity contribution in [3.8, 4) is 0 Å². The van der Waals surface area contributed by atoms with Crippen molar-refractivity contribution in [2.75, 3.05) is 11.9 Å². The summed E-state index contributed by atoms with van der Waals surface area (Å²) in [4.78, 5) is 28.5. The third kappa shape index (κ3) is 5.28. The molecule has 1 aromatic heterocycles. The number of aryl methyl sites for hydroxylation is 2. The van der Waals surface area contributed by atoms with Gasteiger partial charge in [0, 0.05) is 17.5 Å². The van der Waals surface area contributed by atoms with Gasteiger partial charge in [-0.15, -0.1) is 0 Å². The number of amides is 2. The summed E-state index contributed by atoms with van der Waals surface area (Å²) in [5.41, 5.74) is 3.29. The Bertz CT molecular complexity index is 988. The molecule has 0 spiro atoms. The summed E-state index contributed by atoms with van der Waals surface area (Å²) >= 11 is 6.09. The van der Waals surface area contributed by atoms with Crippen molar-refractivity contribution < 1.29 is 9.59 Å². The molecule has 0 radical (unpaired) electrons. The fourth-order valence-corrected chi connectivity index (χ4v) is 2.95. The van der Waals surface area contributed by atoms with Gasteiger partial charge in [0.2, 0.25) is 11.8 Å². The number of fused-ring (bicyclic) bond motifs is 1. The van der Waals surface area contributed by atoms with E-state index in [4.69, 9.17) is 11.6 Å². The number of aromatic nitrogens is 1. The van der Waals surface area contributed by atoms with Gasteiger partial charge in [0.25, 0.3) is 0 Å². The van der Waals surface area contributed by atoms with Crippen molar-refractivity contribution in [2.24, 2.45) is 0 Å². The molecule has 0 saturated heterocycles. The van der Waals surface area contributed by atoms with E-state index in [0.717, 1.165) is 22.2 Å². The number of rotatable bonds is 6. The van der Waals surface area contributed by atoms with Gasteiger partial charge in [-0.3, -0.25) is 14.6 Å². The lowest BCUT2D eigenvalue weighted by Gasteiger charge is -2.09. The number of nitrogens with one attached hydrogen (secondary N) is 2. The van der Waals surface area contributed by atoms with Crippen LogP contribution < -0.4 is 10.6 Å². The van der Waals surface area contributed by atoms with Crippen LogP contribution in [0.15, 0.2) is 54.6 Å². The highest BCUT2D eigenvalue weighted by atomic mass is 35.5. The number of halogens is 1. The minimum absolute atomic E-state index is 0.103. The molecule has 3 aromatic rings. The average Bonchev–Trinajstić information content (AvgIpc) is 2.67. The molecule has 0 bridgehead atoms. The first kappa shape index (κ1) is 18.9. The number of nitrogens with zero attached hydrogens (tertiary/aromatic N) is 1.